The molecule has 0 aromatic rings. The van der Waals surface area contributed by atoms with Gasteiger partial charge in [-0.15, -0.1) is 0 Å². The van der Waals surface area contributed by atoms with Crippen molar-refractivity contribution in [1.82, 2.24) is 0 Å². The highest BCUT2D eigenvalue weighted by molar-refractivity contribution is 5.76. The minimum Gasteiger partial charge on any atom is -0.450 e. The first-order valence-electron chi connectivity index (χ1n) is 5.14. The molecule has 0 aromatic carbocycles. The second kappa shape index (κ2) is 9.11. The van der Waals surface area contributed by atoms with Crippen LogP contribution in [-0.2, 0) is 28.5 Å². The van der Waals surface area contributed by atoms with Crippen molar-refractivity contribution in [3.8, 4) is 0 Å². The SMILES string of the molecule is CCOCC(OC=O)C(=O)OC(C)OCC. The van der Waals surface area contributed by atoms with E-state index >= 15 is 0 Å². The summed E-state index contributed by atoms with van der Waals surface area (Å²) in [4.78, 5) is 21.6. The fourth-order valence-corrected chi connectivity index (χ4v) is 0.963. The van der Waals surface area contributed by atoms with Crippen LogP contribution in [0.5, 0.6) is 0 Å². The molecule has 94 valence electrons. The largest absolute Gasteiger partial charge is 0.450 e. The van der Waals surface area contributed by atoms with Gasteiger partial charge < -0.3 is 18.9 Å². The van der Waals surface area contributed by atoms with Crippen molar-refractivity contribution < 1.29 is 28.5 Å². The second-order valence-electron chi connectivity index (χ2n) is 2.84. The van der Waals surface area contributed by atoms with Crippen LogP contribution in [0.4, 0.5) is 0 Å². The van der Waals surface area contributed by atoms with Gasteiger partial charge in [0, 0.05) is 13.2 Å². The molecular weight excluding hydrogens is 216 g/mol. The van der Waals surface area contributed by atoms with Crippen molar-refractivity contribution in [3.05, 3.63) is 0 Å². The van der Waals surface area contributed by atoms with Crippen molar-refractivity contribution in [2.75, 3.05) is 19.8 Å². The number of carbonyl (C=O) groups is 2. The second-order valence-corrected chi connectivity index (χ2v) is 2.84. The molecule has 2 unspecified atom stereocenters. The van der Waals surface area contributed by atoms with Crippen molar-refractivity contribution in [3.63, 3.8) is 0 Å². The molecule has 2 atom stereocenters. The van der Waals surface area contributed by atoms with E-state index in [0.717, 1.165) is 0 Å². The first-order valence-corrected chi connectivity index (χ1v) is 5.14. The predicted molar refractivity (Wildman–Crippen MR) is 54.6 cm³/mol. The van der Waals surface area contributed by atoms with E-state index in [1.54, 1.807) is 20.8 Å². The molecule has 0 rings (SSSR count). The molecule has 0 aromatic heterocycles. The first-order chi connectivity index (χ1) is 7.65. The Balaban J connectivity index is 4.09. The van der Waals surface area contributed by atoms with Crippen LogP contribution in [0.2, 0.25) is 0 Å². The third-order valence-electron chi connectivity index (χ3n) is 1.64. The number of ether oxygens (including phenoxy) is 4. The summed E-state index contributed by atoms with van der Waals surface area (Å²) in [5.41, 5.74) is 0. The van der Waals surface area contributed by atoms with E-state index in [2.05, 4.69) is 4.74 Å². The van der Waals surface area contributed by atoms with Crippen molar-refractivity contribution >= 4 is 12.4 Å². The molecule has 6 nitrogen and oxygen atoms in total. The zero-order chi connectivity index (χ0) is 12.4. The van der Waals surface area contributed by atoms with Crippen LogP contribution in [0.15, 0.2) is 0 Å². The number of carbonyl (C=O) groups excluding carboxylic acids is 2. The molecule has 0 heterocycles. The maximum Gasteiger partial charge on any atom is 0.352 e. The molecule has 0 amide bonds. The standard InChI is InChI=1S/C10H18O6/c1-4-13-6-9(15-7-11)10(12)16-8(3)14-5-2/h7-9H,4-6H2,1-3H3. The van der Waals surface area contributed by atoms with Gasteiger partial charge in [-0.05, 0) is 20.8 Å². The monoisotopic (exact) mass is 234 g/mol. The minimum absolute atomic E-state index is 0.0209. The fraction of sp³-hybridized carbons (Fsp3) is 0.800. The van der Waals surface area contributed by atoms with Crippen LogP contribution in [0.3, 0.4) is 0 Å². The highest BCUT2D eigenvalue weighted by Crippen LogP contribution is 2.01. The number of hydrogen-bond acceptors (Lipinski definition) is 6. The van der Waals surface area contributed by atoms with Crippen LogP contribution in [0.1, 0.15) is 20.8 Å². The van der Waals surface area contributed by atoms with Gasteiger partial charge in [-0.2, -0.15) is 0 Å². The zero-order valence-corrected chi connectivity index (χ0v) is 9.80. The van der Waals surface area contributed by atoms with E-state index in [0.29, 0.717) is 13.2 Å². The van der Waals surface area contributed by atoms with E-state index in [-0.39, 0.29) is 13.1 Å². The zero-order valence-electron chi connectivity index (χ0n) is 9.80. The predicted octanol–water partition coefficient (Wildman–Crippen LogP) is 0.490. The summed E-state index contributed by atoms with van der Waals surface area (Å²) in [6, 6.07) is 0. The topological polar surface area (TPSA) is 71.1 Å². The normalized spacial score (nSPS) is 13.9. The number of hydrogen-bond donors (Lipinski definition) is 0. The molecule has 0 spiro atoms. The van der Waals surface area contributed by atoms with Gasteiger partial charge in [0.2, 0.25) is 6.10 Å². The van der Waals surface area contributed by atoms with Gasteiger partial charge in [0.1, 0.15) is 0 Å². The maximum atomic E-state index is 11.5. The summed E-state index contributed by atoms with van der Waals surface area (Å²) in [6.45, 7) is 6.16. The van der Waals surface area contributed by atoms with Gasteiger partial charge in [0.05, 0.1) is 6.61 Å². The Labute approximate surface area is 94.8 Å². The Kier molecular flexibility index (Phi) is 8.46. The Morgan fingerprint density at radius 1 is 1.31 bits per heavy atom. The third kappa shape index (κ3) is 6.36. The van der Waals surface area contributed by atoms with E-state index < -0.39 is 18.4 Å². The lowest BCUT2D eigenvalue weighted by Gasteiger charge is -2.17. The molecule has 0 saturated heterocycles. The average Bonchev–Trinajstić information content (AvgIpc) is 2.24. The number of esters is 1. The van der Waals surface area contributed by atoms with Gasteiger partial charge in [0.15, 0.2) is 6.29 Å². The minimum atomic E-state index is -1.04. The summed E-state index contributed by atoms with van der Waals surface area (Å²) in [6.07, 6.45) is -1.71. The van der Waals surface area contributed by atoms with E-state index in [1.165, 1.54) is 0 Å². The molecule has 0 N–H and O–H groups in total. The van der Waals surface area contributed by atoms with Crippen LogP contribution in [0, 0.1) is 0 Å². The molecule has 6 heteroatoms. The molecular formula is C10H18O6. The summed E-state index contributed by atoms with van der Waals surface area (Å²) in [5, 5.41) is 0. The lowest BCUT2D eigenvalue weighted by molar-refractivity contribution is -0.189. The fourth-order valence-electron chi connectivity index (χ4n) is 0.963. The van der Waals surface area contributed by atoms with Crippen molar-refractivity contribution in [2.45, 2.75) is 33.2 Å². The van der Waals surface area contributed by atoms with E-state index in [4.69, 9.17) is 14.2 Å². The molecule has 0 fully saturated rings. The lowest BCUT2D eigenvalue weighted by Crippen LogP contribution is -2.34. The van der Waals surface area contributed by atoms with Gasteiger partial charge in [-0.3, -0.25) is 4.79 Å². The Bertz CT molecular complexity index is 205. The summed E-state index contributed by atoms with van der Waals surface area (Å²) in [5.74, 6) is -0.679. The molecule has 0 aliphatic carbocycles. The highest BCUT2D eigenvalue weighted by atomic mass is 16.7. The summed E-state index contributed by atoms with van der Waals surface area (Å²) in [7, 11) is 0. The average molecular weight is 234 g/mol. The molecule has 0 radical (unpaired) electrons. The third-order valence-corrected chi connectivity index (χ3v) is 1.64. The molecule has 0 saturated carbocycles. The Morgan fingerprint density at radius 2 is 2.00 bits per heavy atom. The van der Waals surface area contributed by atoms with Crippen LogP contribution < -0.4 is 0 Å². The van der Waals surface area contributed by atoms with Gasteiger partial charge >= 0.3 is 5.97 Å². The number of rotatable bonds is 9. The summed E-state index contributed by atoms with van der Waals surface area (Å²) < 4.78 is 19.4. The van der Waals surface area contributed by atoms with E-state index in [9.17, 15) is 9.59 Å². The van der Waals surface area contributed by atoms with Crippen molar-refractivity contribution in [2.24, 2.45) is 0 Å². The van der Waals surface area contributed by atoms with Gasteiger partial charge in [-0.1, -0.05) is 0 Å². The van der Waals surface area contributed by atoms with Crippen LogP contribution >= 0.6 is 0 Å². The van der Waals surface area contributed by atoms with Gasteiger partial charge in [0.25, 0.3) is 6.47 Å². The van der Waals surface area contributed by atoms with Crippen LogP contribution in [-0.4, -0.2) is 44.7 Å². The maximum absolute atomic E-state index is 11.5. The molecule has 0 bridgehead atoms. The van der Waals surface area contributed by atoms with E-state index in [1.807, 2.05) is 0 Å². The molecule has 0 aliphatic heterocycles. The van der Waals surface area contributed by atoms with Crippen molar-refractivity contribution in [1.29, 1.82) is 0 Å². The Morgan fingerprint density at radius 3 is 2.50 bits per heavy atom. The summed E-state index contributed by atoms with van der Waals surface area (Å²) >= 11 is 0. The van der Waals surface area contributed by atoms with Gasteiger partial charge in [-0.25, -0.2) is 4.79 Å². The molecule has 16 heavy (non-hydrogen) atoms. The lowest BCUT2D eigenvalue weighted by atomic mass is 10.4. The first kappa shape index (κ1) is 14.9. The highest BCUT2D eigenvalue weighted by Gasteiger charge is 2.23. The quantitative estimate of drug-likeness (QED) is 0.328. The smallest absolute Gasteiger partial charge is 0.352 e. The van der Waals surface area contributed by atoms with Crippen LogP contribution in [0.25, 0.3) is 0 Å². The molecule has 0 aliphatic rings. The Hall–Kier alpha value is -1.14.